The van der Waals surface area contributed by atoms with Crippen LogP contribution in [0.4, 0.5) is 5.69 Å². The van der Waals surface area contributed by atoms with Gasteiger partial charge in [0.05, 0.1) is 11.7 Å². The molecule has 4 N–H and O–H groups in total. The molecule has 2 heterocycles. The van der Waals surface area contributed by atoms with Crippen LogP contribution in [0.2, 0.25) is 0 Å². The molecule has 5 aliphatic rings. The number of nitrogens with one attached hydrogen (secondary N) is 1. The number of amides is 1. The Hall–Kier alpha value is -3.65. The Kier molecular flexibility index (Phi) is 5.53. The van der Waals surface area contributed by atoms with Crippen molar-refractivity contribution in [3.63, 3.8) is 0 Å². The zero-order valence-corrected chi connectivity index (χ0v) is 22.2. The van der Waals surface area contributed by atoms with Gasteiger partial charge in [-0.25, -0.2) is 4.79 Å². The van der Waals surface area contributed by atoms with Crippen LogP contribution < -0.4 is 5.32 Å². The van der Waals surface area contributed by atoms with E-state index in [2.05, 4.69) is 31.3 Å². The van der Waals surface area contributed by atoms with Crippen LogP contribution in [0.15, 0.2) is 48.5 Å². The first-order valence-electron chi connectivity index (χ1n) is 13.5. The van der Waals surface area contributed by atoms with Gasteiger partial charge < -0.3 is 25.4 Å². The Morgan fingerprint density at radius 1 is 1.10 bits per heavy atom. The van der Waals surface area contributed by atoms with Crippen molar-refractivity contribution in [2.45, 2.75) is 58.2 Å². The molecular formula is C31H33NO7. The molecule has 7 atom stereocenters. The predicted molar refractivity (Wildman–Crippen MR) is 143 cm³/mol. The molecule has 2 aromatic carbocycles. The molecule has 1 spiro atoms. The zero-order chi connectivity index (χ0) is 27.9. The Morgan fingerprint density at radius 3 is 2.49 bits per heavy atom. The van der Waals surface area contributed by atoms with Gasteiger partial charge >= 0.3 is 5.97 Å². The smallest absolute Gasteiger partial charge is 0.339 e. The number of benzene rings is 2. The number of allylic oxidation sites excluding steroid dienone is 2. The number of hydrogen-bond acceptors (Lipinski definition) is 6. The molecule has 2 saturated carbocycles. The van der Waals surface area contributed by atoms with Gasteiger partial charge in [-0.3, -0.25) is 9.59 Å². The van der Waals surface area contributed by atoms with Gasteiger partial charge in [-0.2, -0.15) is 0 Å². The Bertz CT molecular complexity index is 1430. The molecule has 39 heavy (non-hydrogen) atoms. The molecule has 8 nitrogen and oxygen atoms in total. The number of aromatic carboxylic acids is 1. The second-order valence-electron chi connectivity index (χ2n) is 12.3. The molecule has 2 saturated heterocycles. The van der Waals surface area contributed by atoms with E-state index in [4.69, 9.17) is 4.74 Å². The Balaban J connectivity index is 1.33. The zero-order valence-electron chi connectivity index (χ0n) is 22.2. The van der Waals surface area contributed by atoms with E-state index in [0.717, 1.165) is 36.1 Å². The van der Waals surface area contributed by atoms with Crippen LogP contribution in [0.1, 0.15) is 62.4 Å². The standard InChI is InChI=1S/C31H33NO7/c1-16-20-14-31-15-30(20,3)39-26(16)27(31)29(2,22(34)13-19(31)17-7-5-4-6-8-17)12-11-23(35)32-24-21(33)10-9-18(25(24)36)28(37)38/h4-10,13,16,20,26-27,33,36H,11-12,14-15H2,1-3H3,(H,32,35)(H,37,38)/t16-,20?,26?,27?,29?,30?,31?/m0/s1. The molecule has 204 valence electrons. The summed E-state index contributed by atoms with van der Waals surface area (Å²) in [5.74, 6) is -2.52. The van der Waals surface area contributed by atoms with E-state index in [1.807, 2.05) is 25.1 Å². The number of phenolic OH excluding ortho intramolecular Hbond substituents is 1. The van der Waals surface area contributed by atoms with Gasteiger partial charge in [0, 0.05) is 23.2 Å². The first-order chi connectivity index (χ1) is 18.4. The van der Waals surface area contributed by atoms with Crippen LogP contribution in [0.5, 0.6) is 11.5 Å². The molecule has 6 unspecified atom stereocenters. The SMILES string of the molecule is C[C@@H]1C2OC3(C)CC4(CC13)C(c1ccccc1)=CC(=O)C(C)(CCC(=O)Nc1c(O)ccc(C(=O)O)c1O)C24. The van der Waals surface area contributed by atoms with Crippen LogP contribution in [0, 0.1) is 28.6 Å². The van der Waals surface area contributed by atoms with Crippen molar-refractivity contribution in [3.8, 4) is 11.5 Å². The quantitative estimate of drug-likeness (QED) is 0.385. The number of carbonyl (C=O) groups is 3. The molecule has 7 rings (SSSR count). The lowest BCUT2D eigenvalue weighted by atomic mass is 9.46. The average molecular weight is 532 g/mol. The molecule has 4 fully saturated rings. The third-order valence-electron chi connectivity index (χ3n) is 10.2. The molecule has 3 aliphatic carbocycles. The number of ether oxygens (including phenoxy) is 1. The van der Waals surface area contributed by atoms with Crippen LogP contribution in [-0.2, 0) is 14.3 Å². The summed E-state index contributed by atoms with van der Waals surface area (Å²) in [5, 5.41) is 32.2. The van der Waals surface area contributed by atoms with Crippen molar-refractivity contribution in [1.29, 1.82) is 0 Å². The summed E-state index contributed by atoms with van der Waals surface area (Å²) in [6, 6.07) is 12.2. The summed E-state index contributed by atoms with van der Waals surface area (Å²) in [6.45, 7) is 6.36. The molecule has 4 bridgehead atoms. The van der Waals surface area contributed by atoms with Crippen molar-refractivity contribution < 1.29 is 34.4 Å². The lowest BCUT2D eigenvalue weighted by Crippen LogP contribution is -2.59. The Labute approximate surface area is 226 Å². The van der Waals surface area contributed by atoms with E-state index in [1.165, 1.54) is 0 Å². The number of aromatic hydroxyl groups is 2. The van der Waals surface area contributed by atoms with E-state index in [9.17, 15) is 29.7 Å². The molecule has 0 radical (unpaired) electrons. The van der Waals surface area contributed by atoms with Gasteiger partial charge in [0.25, 0.3) is 0 Å². The monoisotopic (exact) mass is 531 g/mol. The third-order valence-corrected chi connectivity index (χ3v) is 10.2. The minimum atomic E-state index is -1.39. The number of anilines is 1. The number of phenols is 2. The summed E-state index contributed by atoms with van der Waals surface area (Å²) in [4.78, 5) is 38.4. The molecule has 0 aromatic heterocycles. The molecule has 2 aromatic rings. The molecule has 1 amide bonds. The highest BCUT2D eigenvalue weighted by atomic mass is 16.5. The maximum Gasteiger partial charge on any atom is 0.339 e. The Morgan fingerprint density at radius 2 is 1.82 bits per heavy atom. The molecule has 2 aliphatic heterocycles. The lowest BCUT2D eigenvalue weighted by molar-refractivity contribution is -0.172. The van der Waals surface area contributed by atoms with E-state index < -0.39 is 34.4 Å². The first-order valence-corrected chi connectivity index (χ1v) is 13.5. The fourth-order valence-electron chi connectivity index (χ4n) is 8.54. The molecule has 8 heteroatoms. The number of rotatable bonds is 6. The number of carboxylic acid groups (broad SMARTS) is 1. The van der Waals surface area contributed by atoms with Crippen molar-refractivity contribution in [2.24, 2.45) is 28.6 Å². The summed E-state index contributed by atoms with van der Waals surface area (Å²) in [5.41, 5.74) is 0.00498. The fraction of sp³-hybridized carbons (Fsp3) is 0.452. The van der Waals surface area contributed by atoms with Gasteiger partial charge in [0.15, 0.2) is 11.5 Å². The number of carbonyl (C=O) groups excluding carboxylic acids is 2. The highest BCUT2D eigenvalue weighted by Crippen LogP contribution is 2.76. The number of carboxylic acids is 1. The average Bonchev–Trinajstić information content (AvgIpc) is 3.23. The second kappa shape index (κ2) is 8.42. The highest BCUT2D eigenvalue weighted by Gasteiger charge is 2.75. The summed E-state index contributed by atoms with van der Waals surface area (Å²) in [6.07, 6.45) is 3.66. The first kappa shape index (κ1) is 25.6. The van der Waals surface area contributed by atoms with Gasteiger partial charge in [-0.15, -0.1) is 0 Å². The fourth-order valence-corrected chi connectivity index (χ4v) is 8.54. The van der Waals surface area contributed by atoms with Crippen molar-refractivity contribution in [1.82, 2.24) is 0 Å². The normalized spacial score (nSPS) is 36.0. The molecular weight excluding hydrogens is 498 g/mol. The highest BCUT2D eigenvalue weighted by molar-refractivity contribution is 6.05. The van der Waals surface area contributed by atoms with Gasteiger partial charge in [-0.1, -0.05) is 44.2 Å². The minimum absolute atomic E-state index is 0.0295. The topological polar surface area (TPSA) is 133 Å². The van der Waals surface area contributed by atoms with Gasteiger partial charge in [-0.05, 0) is 67.4 Å². The summed E-state index contributed by atoms with van der Waals surface area (Å²) >= 11 is 0. The van der Waals surface area contributed by atoms with Crippen molar-refractivity contribution >= 4 is 28.9 Å². The summed E-state index contributed by atoms with van der Waals surface area (Å²) < 4.78 is 6.71. The van der Waals surface area contributed by atoms with Crippen molar-refractivity contribution in [2.75, 3.05) is 5.32 Å². The van der Waals surface area contributed by atoms with Crippen LogP contribution in [0.25, 0.3) is 5.57 Å². The maximum absolute atomic E-state index is 14.0. The van der Waals surface area contributed by atoms with E-state index in [0.29, 0.717) is 11.8 Å². The third kappa shape index (κ3) is 3.50. The number of ketones is 1. The number of hydrogen-bond donors (Lipinski definition) is 4. The van der Waals surface area contributed by atoms with Crippen LogP contribution >= 0.6 is 0 Å². The van der Waals surface area contributed by atoms with E-state index in [1.54, 1.807) is 6.08 Å². The minimum Gasteiger partial charge on any atom is -0.506 e. The second-order valence-corrected chi connectivity index (χ2v) is 12.3. The van der Waals surface area contributed by atoms with Crippen molar-refractivity contribution in [3.05, 3.63) is 59.7 Å². The van der Waals surface area contributed by atoms with Gasteiger partial charge in [0.1, 0.15) is 17.0 Å². The maximum atomic E-state index is 14.0. The van der Waals surface area contributed by atoms with Crippen LogP contribution in [-0.4, -0.2) is 44.7 Å². The lowest BCUT2D eigenvalue weighted by Gasteiger charge is -2.58. The van der Waals surface area contributed by atoms with E-state index in [-0.39, 0.29) is 47.4 Å². The summed E-state index contributed by atoms with van der Waals surface area (Å²) in [7, 11) is 0. The van der Waals surface area contributed by atoms with Gasteiger partial charge in [0.2, 0.25) is 5.91 Å². The predicted octanol–water partition coefficient (Wildman–Crippen LogP) is 5.01. The van der Waals surface area contributed by atoms with E-state index >= 15 is 0 Å². The van der Waals surface area contributed by atoms with Crippen LogP contribution in [0.3, 0.4) is 0 Å². The largest absolute Gasteiger partial charge is 0.506 e.